The molecule has 2 aliphatic heterocycles. The van der Waals surface area contributed by atoms with Gasteiger partial charge in [-0.05, 0) is 82.0 Å². The summed E-state index contributed by atoms with van der Waals surface area (Å²) < 4.78 is 0. The Labute approximate surface area is 180 Å². The molecule has 0 spiro atoms. The molecule has 2 heterocycles. The van der Waals surface area contributed by atoms with Gasteiger partial charge in [0.1, 0.15) is 0 Å². The van der Waals surface area contributed by atoms with Crippen LogP contribution in [0.3, 0.4) is 0 Å². The third-order valence-corrected chi connectivity index (χ3v) is 8.76. The van der Waals surface area contributed by atoms with Gasteiger partial charge in [-0.25, -0.2) is 0 Å². The minimum atomic E-state index is -0.133. The molecule has 0 radical (unpaired) electrons. The van der Waals surface area contributed by atoms with Crippen LogP contribution in [-0.2, 0) is 14.4 Å². The highest BCUT2D eigenvalue weighted by atomic mass is 16.2. The first-order valence-corrected chi connectivity index (χ1v) is 12.4. The first-order valence-electron chi connectivity index (χ1n) is 12.4. The fourth-order valence-electron chi connectivity index (χ4n) is 7.59. The number of piperidine rings is 1. The van der Waals surface area contributed by atoms with E-state index in [0.29, 0.717) is 32.0 Å². The van der Waals surface area contributed by atoms with E-state index in [1.165, 1.54) is 19.3 Å². The molecule has 2 saturated heterocycles. The average Bonchev–Trinajstić information content (AvgIpc) is 3.27. The van der Waals surface area contributed by atoms with Crippen molar-refractivity contribution in [3.05, 3.63) is 0 Å². The highest BCUT2D eigenvalue weighted by molar-refractivity contribution is 5.84. The van der Waals surface area contributed by atoms with E-state index < -0.39 is 0 Å². The highest BCUT2D eigenvalue weighted by Gasteiger charge is 2.54. The van der Waals surface area contributed by atoms with Crippen LogP contribution in [0.4, 0.5) is 0 Å². The van der Waals surface area contributed by atoms with E-state index in [0.717, 1.165) is 75.8 Å². The summed E-state index contributed by atoms with van der Waals surface area (Å²) in [6.45, 7) is 3.60. The molecule has 1 N–H and O–H groups in total. The lowest BCUT2D eigenvalue weighted by Gasteiger charge is -2.55. The number of rotatable bonds is 5. The molecule has 4 saturated carbocycles. The van der Waals surface area contributed by atoms with Gasteiger partial charge in [-0.3, -0.25) is 14.4 Å². The number of carbonyl (C=O) groups excluding carboxylic acids is 3. The fraction of sp³-hybridized carbons (Fsp3) is 0.875. The summed E-state index contributed by atoms with van der Waals surface area (Å²) in [5.74, 6) is 2.98. The molecular formula is C24H37N3O3. The first-order chi connectivity index (χ1) is 14.5. The lowest BCUT2D eigenvalue weighted by Crippen LogP contribution is -2.54. The third-order valence-electron chi connectivity index (χ3n) is 8.76. The minimum absolute atomic E-state index is 0.0861. The second kappa shape index (κ2) is 8.16. The zero-order chi connectivity index (χ0) is 20.7. The van der Waals surface area contributed by atoms with Gasteiger partial charge in [-0.1, -0.05) is 0 Å². The van der Waals surface area contributed by atoms with Crippen LogP contribution in [0.25, 0.3) is 0 Å². The second-order valence-electron chi connectivity index (χ2n) is 10.9. The molecule has 0 aromatic rings. The molecule has 166 valence electrons. The first kappa shape index (κ1) is 20.3. The Bertz CT molecular complexity index is 657. The molecule has 0 unspecified atom stereocenters. The standard InChI is InChI=1S/C24H37N3O3/c28-21(26-9-4-20(5-10-26)22(29)27-7-1-2-8-27)3-6-25-23(30)24-14-17-11-18(15-24)13-19(12-17)16-24/h17-20H,1-16H2,(H,25,30). The number of nitrogens with zero attached hydrogens (tertiary/aromatic N) is 2. The van der Waals surface area contributed by atoms with E-state index in [-0.39, 0.29) is 23.1 Å². The van der Waals surface area contributed by atoms with Crippen molar-refractivity contribution in [2.45, 2.75) is 70.6 Å². The van der Waals surface area contributed by atoms with Crippen LogP contribution in [0.5, 0.6) is 0 Å². The van der Waals surface area contributed by atoms with Crippen LogP contribution < -0.4 is 5.32 Å². The van der Waals surface area contributed by atoms with E-state index in [9.17, 15) is 14.4 Å². The Hall–Kier alpha value is -1.59. The highest BCUT2D eigenvalue weighted by Crippen LogP contribution is 2.60. The molecule has 6 heteroatoms. The van der Waals surface area contributed by atoms with Gasteiger partial charge < -0.3 is 15.1 Å². The minimum Gasteiger partial charge on any atom is -0.355 e. The normalized spacial score (nSPS) is 35.7. The van der Waals surface area contributed by atoms with Gasteiger partial charge in [0.25, 0.3) is 0 Å². The summed E-state index contributed by atoms with van der Waals surface area (Å²) in [7, 11) is 0. The van der Waals surface area contributed by atoms with Crippen molar-refractivity contribution in [2.24, 2.45) is 29.1 Å². The second-order valence-corrected chi connectivity index (χ2v) is 10.9. The summed E-state index contributed by atoms with van der Waals surface area (Å²) in [4.78, 5) is 42.1. The number of carbonyl (C=O) groups is 3. The maximum atomic E-state index is 13.0. The third kappa shape index (κ3) is 3.87. The molecule has 30 heavy (non-hydrogen) atoms. The number of nitrogens with one attached hydrogen (secondary N) is 1. The van der Waals surface area contributed by atoms with Crippen molar-refractivity contribution in [2.75, 3.05) is 32.7 Å². The Balaban J connectivity index is 1.05. The lowest BCUT2D eigenvalue weighted by atomic mass is 9.49. The molecule has 4 aliphatic carbocycles. The number of hydrogen-bond acceptors (Lipinski definition) is 3. The van der Waals surface area contributed by atoms with E-state index in [4.69, 9.17) is 0 Å². The summed E-state index contributed by atoms with van der Waals surface area (Å²) in [6, 6.07) is 0. The van der Waals surface area contributed by atoms with Crippen molar-refractivity contribution >= 4 is 17.7 Å². The number of hydrogen-bond donors (Lipinski definition) is 1. The van der Waals surface area contributed by atoms with Crippen LogP contribution in [0.2, 0.25) is 0 Å². The van der Waals surface area contributed by atoms with Crippen molar-refractivity contribution < 1.29 is 14.4 Å². The average molecular weight is 416 g/mol. The maximum absolute atomic E-state index is 13.0. The van der Waals surface area contributed by atoms with Crippen LogP contribution in [0.1, 0.15) is 70.6 Å². The van der Waals surface area contributed by atoms with Gasteiger partial charge in [0, 0.05) is 50.5 Å². The molecule has 3 amide bonds. The quantitative estimate of drug-likeness (QED) is 0.750. The molecule has 0 aromatic carbocycles. The van der Waals surface area contributed by atoms with E-state index >= 15 is 0 Å². The molecule has 6 rings (SSSR count). The van der Waals surface area contributed by atoms with E-state index in [1.54, 1.807) is 0 Å². The molecule has 6 nitrogen and oxygen atoms in total. The Morgan fingerprint density at radius 2 is 1.37 bits per heavy atom. The fourth-order valence-corrected chi connectivity index (χ4v) is 7.59. The van der Waals surface area contributed by atoms with Gasteiger partial charge in [0.15, 0.2) is 0 Å². The van der Waals surface area contributed by atoms with Gasteiger partial charge in [-0.2, -0.15) is 0 Å². The van der Waals surface area contributed by atoms with Crippen LogP contribution in [0.15, 0.2) is 0 Å². The molecule has 4 bridgehead atoms. The van der Waals surface area contributed by atoms with Crippen LogP contribution >= 0.6 is 0 Å². The van der Waals surface area contributed by atoms with Gasteiger partial charge >= 0.3 is 0 Å². The smallest absolute Gasteiger partial charge is 0.226 e. The lowest BCUT2D eigenvalue weighted by molar-refractivity contribution is -0.146. The van der Waals surface area contributed by atoms with Gasteiger partial charge in [0.2, 0.25) is 17.7 Å². The number of amides is 3. The summed E-state index contributed by atoms with van der Waals surface area (Å²) in [5.41, 5.74) is -0.133. The van der Waals surface area contributed by atoms with Crippen molar-refractivity contribution in [1.82, 2.24) is 15.1 Å². The summed E-state index contributed by atoms with van der Waals surface area (Å²) in [6.07, 6.45) is 11.4. The molecule has 6 fully saturated rings. The summed E-state index contributed by atoms with van der Waals surface area (Å²) >= 11 is 0. The molecule has 6 aliphatic rings. The predicted octanol–water partition coefficient (Wildman–Crippen LogP) is 2.57. The maximum Gasteiger partial charge on any atom is 0.226 e. The van der Waals surface area contributed by atoms with E-state index in [2.05, 4.69) is 5.32 Å². The van der Waals surface area contributed by atoms with E-state index in [1.807, 2.05) is 9.80 Å². The van der Waals surface area contributed by atoms with Crippen molar-refractivity contribution in [3.8, 4) is 0 Å². The predicted molar refractivity (Wildman–Crippen MR) is 113 cm³/mol. The Morgan fingerprint density at radius 1 is 0.800 bits per heavy atom. The Kier molecular flexibility index (Phi) is 5.53. The van der Waals surface area contributed by atoms with Gasteiger partial charge in [0.05, 0.1) is 0 Å². The number of likely N-dealkylation sites (tertiary alicyclic amines) is 2. The van der Waals surface area contributed by atoms with Crippen molar-refractivity contribution in [1.29, 1.82) is 0 Å². The van der Waals surface area contributed by atoms with Crippen LogP contribution in [0, 0.1) is 29.1 Å². The zero-order valence-electron chi connectivity index (χ0n) is 18.2. The largest absolute Gasteiger partial charge is 0.355 e. The van der Waals surface area contributed by atoms with Gasteiger partial charge in [-0.15, -0.1) is 0 Å². The molecule has 0 atom stereocenters. The Morgan fingerprint density at radius 3 is 1.93 bits per heavy atom. The SMILES string of the molecule is O=C(CCNC(=O)C12CC3CC(CC(C3)C1)C2)N1CCC(C(=O)N2CCCC2)CC1. The molecular weight excluding hydrogens is 378 g/mol. The monoisotopic (exact) mass is 415 g/mol. The topological polar surface area (TPSA) is 69.7 Å². The molecule has 0 aromatic heterocycles. The summed E-state index contributed by atoms with van der Waals surface area (Å²) in [5, 5.41) is 3.13. The zero-order valence-corrected chi connectivity index (χ0v) is 18.2. The van der Waals surface area contributed by atoms with Crippen molar-refractivity contribution in [3.63, 3.8) is 0 Å². The van der Waals surface area contributed by atoms with Crippen LogP contribution in [-0.4, -0.2) is 60.2 Å².